The van der Waals surface area contributed by atoms with Crippen LogP contribution in [0.2, 0.25) is 0 Å². The SMILES string of the molecule is N#Cc1c(C(F)F)c(C=O)c[nH]c1=O. The molecular formula is C8H4F2N2O2. The fraction of sp³-hybridized carbons (Fsp3) is 0.125. The summed E-state index contributed by atoms with van der Waals surface area (Å²) in [4.78, 5) is 23.3. The quantitative estimate of drug-likeness (QED) is 0.720. The maximum atomic E-state index is 12.4. The van der Waals surface area contributed by atoms with E-state index < -0.39 is 23.1 Å². The predicted molar refractivity (Wildman–Crippen MR) is 42.1 cm³/mol. The first-order valence-electron chi connectivity index (χ1n) is 3.50. The number of pyridine rings is 1. The first-order valence-corrected chi connectivity index (χ1v) is 3.50. The number of nitrogens with zero attached hydrogens (tertiary/aromatic N) is 1. The number of alkyl halides is 2. The van der Waals surface area contributed by atoms with Gasteiger partial charge in [-0.05, 0) is 0 Å². The Labute approximate surface area is 76.8 Å². The monoisotopic (exact) mass is 198 g/mol. The normalized spacial score (nSPS) is 9.86. The molecule has 0 aromatic carbocycles. The van der Waals surface area contributed by atoms with Gasteiger partial charge in [-0.25, -0.2) is 8.78 Å². The lowest BCUT2D eigenvalue weighted by Gasteiger charge is -2.03. The summed E-state index contributed by atoms with van der Waals surface area (Å²) in [5, 5.41) is 8.45. The summed E-state index contributed by atoms with van der Waals surface area (Å²) in [5.74, 6) is 0. The van der Waals surface area contributed by atoms with E-state index in [2.05, 4.69) is 0 Å². The van der Waals surface area contributed by atoms with Crippen LogP contribution in [0.4, 0.5) is 8.78 Å². The van der Waals surface area contributed by atoms with E-state index in [-0.39, 0.29) is 11.8 Å². The second-order valence-corrected chi connectivity index (χ2v) is 2.39. The molecule has 0 bridgehead atoms. The molecule has 0 aliphatic heterocycles. The lowest BCUT2D eigenvalue weighted by Crippen LogP contribution is -2.15. The van der Waals surface area contributed by atoms with Crippen LogP contribution in [0.25, 0.3) is 0 Å². The standard InChI is InChI=1S/C8H4F2N2O2/c9-7(10)6-4(3-13)2-12-8(14)5(6)1-11/h2-3,7H,(H,12,14). The Bertz CT molecular complexity index is 459. The molecule has 1 aromatic rings. The van der Waals surface area contributed by atoms with Gasteiger partial charge in [-0.1, -0.05) is 0 Å². The number of halogens is 2. The second-order valence-electron chi connectivity index (χ2n) is 2.39. The molecule has 0 amide bonds. The van der Waals surface area contributed by atoms with Crippen LogP contribution in [-0.4, -0.2) is 11.3 Å². The number of aldehydes is 1. The summed E-state index contributed by atoms with van der Waals surface area (Å²) in [5.41, 5.74) is -2.83. The Morgan fingerprint density at radius 1 is 1.57 bits per heavy atom. The van der Waals surface area contributed by atoms with Crippen molar-refractivity contribution >= 4 is 6.29 Å². The second kappa shape index (κ2) is 3.79. The highest BCUT2D eigenvalue weighted by Crippen LogP contribution is 2.22. The van der Waals surface area contributed by atoms with Gasteiger partial charge in [0.05, 0.1) is 5.56 Å². The van der Waals surface area contributed by atoms with Crippen molar-refractivity contribution in [2.24, 2.45) is 0 Å². The molecule has 0 saturated carbocycles. The van der Waals surface area contributed by atoms with E-state index >= 15 is 0 Å². The van der Waals surface area contributed by atoms with Crippen LogP contribution in [0.1, 0.15) is 27.9 Å². The summed E-state index contributed by atoms with van der Waals surface area (Å²) in [6.45, 7) is 0. The molecule has 1 heterocycles. The van der Waals surface area contributed by atoms with Crippen molar-refractivity contribution < 1.29 is 13.6 Å². The molecule has 1 N–H and O–H groups in total. The van der Waals surface area contributed by atoms with Gasteiger partial charge in [-0.2, -0.15) is 5.26 Å². The zero-order chi connectivity index (χ0) is 10.7. The van der Waals surface area contributed by atoms with E-state index in [1.807, 2.05) is 4.98 Å². The van der Waals surface area contributed by atoms with Crippen LogP contribution in [0.3, 0.4) is 0 Å². The van der Waals surface area contributed by atoms with Gasteiger partial charge >= 0.3 is 0 Å². The summed E-state index contributed by atoms with van der Waals surface area (Å²) < 4.78 is 24.8. The largest absolute Gasteiger partial charge is 0.327 e. The minimum Gasteiger partial charge on any atom is -0.327 e. The van der Waals surface area contributed by atoms with Crippen molar-refractivity contribution in [3.8, 4) is 6.07 Å². The third-order valence-corrected chi connectivity index (χ3v) is 1.62. The van der Waals surface area contributed by atoms with Gasteiger partial charge in [0, 0.05) is 11.8 Å². The molecule has 0 fully saturated rings. The van der Waals surface area contributed by atoms with Crippen molar-refractivity contribution in [3.05, 3.63) is 33.2 Å². The highest BCUT2D eigenvalue weighted by molar-refractivity contribution is 5.78. The van der Waals surface area contributed by atoms with Gasteiger partial charge in [-0.3, -0.25) is 9.59 Å². The lowest BCUT2D eigenvalue weighted by molar-refractivity contribution is 0.110. The van der Waals surface area contributed by atoms with Gasteiger partial charge < -0.3 is 4.98 Å². The van der Waals surface area contributed by atoms with E-state index in [4.69, 9.17) is 5.26 Å². The number of hydrogen-bond acceptors (Lipinski definition) is 3. The third-order valence-electron chi connectivity index (χ3n) is 1.62. The summed E-state index contributed by atoms with van der Waals surface area (Å²) >= 11 is 0. The number of carbonyl (C=O) groups is 1. The van der Waals surface area contributed by atoms with E-state index in [0.29, 0.717) is 0 Å². The summed E-state index contributed by atoms with van der Waals surface area (Å²) in [6.07, 6.45) is -2.00. The van der Waals surface area contributed by atoms with Crippen molar-refractivity contribution in [2.45, 2.75) is 6.43 Å². The predicted octanol–water partition coefficient (Wildman–Crippen LogP) is 0.997. The number of H-pyrrole nitrogens is 1. The molecule has 1 aromatic heterocycles. The number of aromatic amines is 1. The zero-order valence-corrected chi connectivity index (χ0v) is 6.75. The van der Waals surface area contributed by atoms with Crippen LogP contribution in [0.5, 0.6) is 0 Å². The molecule has 0 aliphatic rings. The molecule has 4 nitrogen and oxygen atoms in total. The maximum Gasteiger partial charge on any atom is 0.266 e. The van der Waals surface area contributed by atoms with Crippen molar-refractivity contribution in [2.75, 3.05) is 0 Å². The van der Waals surface area contributed by atoms with E-state index in [1.54, 1.807) is 0 Å². The first kappa shape index (κ1) is 10.1. The molecule has 0 aliphatic carbocycles. The first-order chi connectivity index (χ1) is 6.61. The molecule has 1 rings (SSSR count). The van der Waals surface area contributed by atoms with Gasteiger partial charge in [0.1, 0.15) is 11.6 Å². The number of nitriles is 1. The van der Waals surface area contributed by atoms with E-state index in [9.17, 15) is 18.4 Å². The molecule has 14 heavy (non-hydrogen) atoms. The maximum absolute atomic E-state index is 12.4. The lowest BCUT2D eigenvalue weighted by atomic mass is 10.1. The minimum atomic E-state index is -3.02. The van der Waals surface area contributed by atoms with E-state index in [1.165, 1.54) is 6.07 Å². The van der Waals surface area contributed by atoms with Crippen molar-refractivity contribution in [3.63, 3.8) is 0 Å². The third kappa shape index (κ3) is 1.52. The smallest absolute Gasteiger partial charge is 0.266 e. The number of hydrogen-bond donors (Lipinski definition) is 1. The van der Waals surface area contributed by atoms with Crippen molar-refractivity contribution in [1.29, 1.82) is 5.26 Å². The van der Waals surface area contributed by atoms with Crippen LogP contribution in [0.15, 0.2) is 11.0 Å². The van der Waals surface area contributed by atoms with Gasteiger partial charge in [-0.15, -0.1) is 0 Å². The summed E-state index contributed by atoms with van der Waals surface area (Å²) in [6, 6.07) is 1.34. The minimum absolute atomic E-state index is 0.165. The average Bonchev–Trinajstić information content (AvgIpc) is 2.17. The fourth-order valence-electron chi connectivity index (χ4n) is 1.00. The van der Waals surface area contributed by atoms with Crippen LogP contribution in [0, 0.1) is 11.3 Å². The molecule has 72 valence electrons. The van der Waals surface area contributed by atoms with Crippen LogP contribution in [-0.2, 0) is 0 Å². The number of aromatic nitrogens is 1. The molecule has 0 radical (unpaired) electrons. The number of rotatable bonds is 2. The Kier molecular flexibility index (Phi) is 2.72. The number of carbonyl (C=O) groups excluding carboxylic acids is 1. The highest BCUT2D eigenvalue weighted by atomic mass is 19.3. The van der Waals surface area contributed by atoms with E-state index in [0.717, 1.165) is 6.20 Å². The average molecular weight is 198 g/mol. The van der Waals surface area contributed by atoms with Gasteiger partial charge in [0.2, 0.25) is 0 Å². The number of nitrogens with one attached hydrogen (secondary N) is 1. The van der Waals surface area contributed by atoms with Crippen molar-refractivity contribution in [1.82, 2.24) is 4.98 Å². The molecule has 0 unspecified atom stereocenters. The van der Waals surface area contributed by atoms with Crippen LogP contribution >= 0.6 is 0 Å². The Hall–Kier alpha value is -2.03. The molecular weight excluding hydrogens is 194 g/mol. The van der Waals surface area contributed by atoms with Gasteiger partial charge in [0.15, 0.2) is 6.29 Å². The molecule has 0 saturated heterocycles. The fourth-order valence-corrected chi connectivity index (χ4v) is 1.00. The van der Waals surface area contributed by atoms with Gasteiger partial charge in [0.25, 0.3) is 12.0 Å². The Balaban J connectivity index is 3.62. The molecule has 0 atom stereocenters. The van der Waals surface area contributed by atoms with Crippen LogP contribution < -0.4 is 5.56 Å². The summed E-state index contributed by atoms with van der Waals surface area (Å²) in [7, 11) is 0. The topological polar surface area (TPSA) is 73.7 Å². The Morgan fingerprint density at radius 3 is 2.64 bits per heavy atom. The Morgan fingerprint density at radius 2 is 2.21 bits per heavy atom. The molecule has 0 spiro atoms. The highest BCUT2D eigenvalue weighted by Gasteiger charge is 2.20. The zero-order valence-electron chi connectivity index (χ0n) is 6.75. The molecule has 6 heteroatoms.